The van der Waals surface area contributed by atoms with E-state index in [1.165, 1.54) is 0 Å². The highest BCUT2D eigenvalue weighted by Gasteiger charge is 2.10. The highest BCUT2D eigenvalue weighted by molar-refractivity contribution is 9.10. The van der Waals surface area contributed by atoms with Crippen LogP contribution in [0.15, 0.2) is 22.7 Å². The fourth-order valence-corrected chi connectivity index (χ4v) is 2.21. The first-order valence-corrected chi connectivity index (χ1v) is 6.62. The summed E-state index contributed by atoms with van der Waals surface area (Å²) in [5.41, 5.74) is 3.65. The third kappa shape index (κ3) is 2.64. The minimum absolute atomic E-state index is 0.542. The molecule has 0 unspecified atom stereocenters. The zero-order valence-corrected chi connectivity index (χ0v) is 12.7. The zero-order valence-electron chi connectivity index (χ0n) is 11.1. The number of halogens is 1. The van der Waals surface area contributed by atoms with Gasteiger partial charge in [0.1, 0.15) is 11.8 Å². The summed E-state index contributed by atoms with van der Waals surface area (Å²) in [6.07, 6.45) is 0. The Morgan fingerprint density at radius 1 is 1.42 bits per heavy atom. The van der Waals surface area contributed by atoms with Gasteiger partial charge in [-0.15, -0.1) is 0 Å². The summed E-state index contributed by atoms with van der Waals surface area (Å²) >= 11 is 3.51. The number of hydrogen-bond donors (Lipinski definition) is 0. The molecule has 0 saturated carbocycles. The van der Waals surface area contributed by atoms with Crippen molar-refractivity contribution in [3.05, 3.63) is 45.2 Å². The number of methoxy groups -OCH3 is 1. The SMILES string of the molecule is COc1cc(Cn2nc(C)c(Br)c2C)ccc1C#N. The Labute approximate surface area is 120 Å². The second-order valence-electron chi connectivity index (χ2n) is 4.29. The second kappa shape index (κ2) is 5.45. The van der Waals surface area contributed by atoms with E-state index in [4.69, 9.17) is 10.00 Å². The largest absolute Gasteiger partial charge is 0.495 e. The minimum atomic E-state index is 0.542. The summed E-state index contributed by atoms with van der Waals surface area (Å²) in [5, 5.41) is 13.4. The molecule has 0 aliphatic rings. The quantitative estimate of drug-likeness (QED) is 0.873. The van der Waals surface area contributed by atoms with Crippen LogP contribution in [-0.2, 0) is 6.54 Å². The summed E-state index contributed by atoms with van der Waals surface area (Å²) in [6, 6.07) is 7.68. The molecule has 0 N–H and O–H groups in total. The van der Waals surface area contributed by atoms with Crippen molar-refractivity contribution >= 4 is 15.9 Å². The predicted octanol–water partition coefficient (Wildman–Crippen LogP) is 3.19. The van der Waals surface area contributed by atoms with Crippen LogP contribution in [0.25, 0.3) is 0 Å². The molecule has 0 saturated heterocycles. The zero-order chi connectivity index (χ0) is 14.0. The number of rotatable bonds is 3. The summed E-state index contributed by atoms with van der Waals surface area (Å²) in [4.78, 5) is 0. The van der Waals surface area contributed by atoms with Crippen molar-refractivity contribution in [2.45, 2.75) is 20.4 Å². The standard InChI is InChI=1S/C14H14BrN3O/c1-9-14(15)10(2)18(17-9)8-11-4-5-12(7-16)13(6-11)19-3/h4-6H,8H2,1-3H3. The molecule has 19 heavy (non-hydrogen) atoms. The molecule has 0 atom stereocenters. The van der Waals surface area contributed by atoms with Gasteiger partial charge in [-0.3, -0.25) is 4.68 Å². The van der Waals surface area contributed by atoms with Crippen LogP contribution in [0.3, 0.4) is 0 Å². The van der Waals surface area contributed by atoms with E-state index in [1.807, 2.05) is 30.7 Å². The van der Waals surface area contributed by atoms with E-state index in [9.17, 15) is 0 Å². The van der Waals surface area contributed by atoms with Crippen LogP contribution in [0.1, 0.15) is 22.5 Å². The van der Waals surface area contributed by atoms with Crippen LogP contribution in [0, 0.1) is 25.2 Å². The molecular formula is C14H14BrN3O. The first-order chi connectivity index (χ1) is 9.06. The molecule has 5 heteroatoms. The molecule has 0 radical (unpaired) electrons. The second-order valence-corrected chi connectivity index (χ2v) is 5.08. The lowest BCUT2D eigenvalue weighted by Gasteiger charge is -2.08. The number of hydrogen-bond acceptors (Lipinski definition) is 3. The molecule has 1 heterocycles. The first-order valence-electron chi connectivity index (χ1n) is 5.83. The lowest BCUT2D eigenvalue weighted by Crippen LogP contribution is -2.04. The van der Waals surface area contributed by atoms with Gasteiger partial charge >= 0.3 is 0 Å². The Morgan fingerprint density at radius 2 is 2.16 bits per heavy atom. The third-order valence-electron chi connectivity index (χ3n) is 3.01. The maximum atomic E-state index is 8.96. The topological polar surface area (TPSA) is 50.8 Å². The van der Waals surface area contributed by atoms with Crippen molar-refractivity contribution in [2.24, 2.45) is 0 Å². The summed E-state index contributed by atoms with van der Waals surface area (Å²) in [7, 11) is 1.57. The molecule has 0 amide bonds. The van der Waals surface area contributed by atoms with E-state index < -0.39 is 0 Å². The van der Waals surface area contributed by atoms with E-state index in [-0.39, 0.29) is 0 Å². The van der Waals surface area contributed by atoms with Gasteiger partial charge in [0.2, 0.25) is 0 Å². The molecule has 1 aromatic carbocycles. The van der Waals surface area contributed by atoms with Gasteiger partial charge in [0, 0.05) is 0 Å². The van der Waals surface area contributed by atoms with Crippen LogP contribution >= 0.6 is 15.9 Å². The lowest BCUT2D eigenvalue weighted by molar-refractivity contribution is 0.412. The van der Waals surface area contributed by atoms with E-state index in [2.05, 4.69) is 27.1 Å². The van der Waals surface area contributed by atoms with Gasteiger partial charge in [-0.05, 0) is 47.5 Å². The normalized spacial score (nSPS) is 10.3. The van der Waals surface area contributed by atoms with E-state index in [0.29, 0.717) is 17.9 Å². The molecule has 2 rings (SSSR count). The fraction of sp³-hybridized carbons (Fsp3) is 0.286. The highest BCUT2D eigenvalue weighted by atomic mass is 79.9. The molecule has 98 valence electrons. The number of nitrogens with zero attached hydrogens (tertiary/aromatic N) is 3. The number of aromatic nitrogens is 2. The minimum Gasteiger partial charge on any atom is -0.495 e. The fourth-order valence-electron chi connectivity index (χ4n) is 1.93. The molecule has 0 aliphatic heterocycles. The molecular weight excluding hydrogens is 306 g/mol. The van der Waals surface area contributed by atoms with Crippen molar-refractivity contribution < 1.29 is 4.74 Å². The van der Waals surface area contributed by atoms with Crippen molar-refractivity contribution in [1.29, 1.82) is 5.26 Å². The Kier molecular flexibility index (Phi) is 3.91. The number of benzene rings is 1. The average molecular weight is 320 g/mol. The van der Waals surface area contributed by atoms with Gasteiger partial charge in [-0.25, -0.2) is 0 Å². The van der Waals surface area contributed by atoms with Gasteiger partial charge < -0.3 is 4.74 Å². The molecule has 1 aromatic heterocycles. The Bertz CT molecular complexity index is 655. The molecule has 2 aromatic rings. The Hall–Kier alpha value is -1.80. The summed E-state index contributed by atoms with van der Waals surface area (Å²) in [6.45, 7) is 4.64. The van der Waals surface area contributed by atoms with Crippen LogP contribution < -0.4 is 4.74 Å². The van der Waals surface area contributed by atoms with Gasteiger partial charge in [0.15, 0.2) is 0 Å². The smallest absolute Gasteiger partial charge is 0.136 e. The van der Waals surface area contributed by atoms with Crippen LogP contribution in [0.4, 0.5) is 0 Å². The highest BCUT2D eigenvalue weighted by Crippen LogP contribution is 2.23. The Morgan fingerprint density at radius 3 is 2.68 bits per heavy atom. The number of ether oxygens (including phenoxy) is 1. The molecule has 0 bridgehead atoms. The third-order valence-corrected chi connectivity index (χ3v) is 4.16. The van der Waals surface area contributed by atoms with Gasteiger partial charge in [0.05, 0.1) is 35.1 Å². The molecule has 0 spiro atoms. The first kappa shape index (κ1) is 13.6. The van der Waals surface area contributed by atoms with E-state index in [0.717, 1.165) is 21.4 Å². The maximum absolute atomic E-state index is 8.96. The monoisotopic (exact) mass is 319 g/mol. The molecule has 0 fully saturated rings. The summed E-state index contributed by atoms with van der Waals surface area (Å²) < 4.78 is 8.18. The predicted molar refractivity (Wildman–Crippen MR) is 76.2 cm³/mol. The van der Waals surface area contributed by atoms with Crippen LogP contribution in [0.5, 0.6) is 5.75 Å². The van der Waals surface area contributed by atoms with Crippen molar-refractivity contribution in [3.8, 4) is 11.8 Å². The van der Waals surface area contributed by atoms with E-state index >= 15 is 0 Å². The van der Waals surface area contributed by atoms with Crippen molar-refractivity contribution in [3.63, 3.8) is 0 Å². The molecule has 0 aliphatic carbocycles. The number of aryl methyl sites for hydroxylation is 1. The Balaban J connectivity index is 2.34. The average Bonchev–Trinajstić information content (AvgIpc) is 2.66. The van der Waals surface area contributed by atoms with E-state index in [1.54, 1.807) is 13.2 Å². The summed E-state index contributed by atoms with van der Waals surface area (Å²) in [5.74, 6) is 0.598. The van der Waals surface area contributed by atoms with Crippen molar-refractivity contribution in [1.82, 2.24) is 9.78 Å². The maximum Gasteiger partial charge on any atom is 0.136 e. The lowest BCUT2D eigenvalue weighted by atomic mass is 10.1. The number of nitriles is 1. The van der Waals surface area contributed by atoms with Crippen molar-refractivity contribution in [2.75, 3.05) is 7.11 Å². The van der Waals surface area contributed by atoms with Gasteiger partial charge in [-0.2, -0.15) is 10.4 Å². The van der Waals surface area contributed by atoms with Crippen LogP contribution in [-0.4, -0.2) is 16.9 Å². The molecule has 4 nitrogen and oxygen atoms in total. The van der Waals surface area contributed by atoms with Gasteiger partial charge in [-0.1, -0.05) is 6.07 Å². The van der Waals surface area contributed by atoms with Crippen LogP contribution in [0.2, 0.25) is 0 Å². The van der Waals surface area contributed by atoms with Gasteiger partial charge in [0.25, 0.3) is 0 Å².